The number of nitrogens with zero attached hydrogens (tertiary/aromatic N) is 4. The molecule has 0 aliphatic carbocycles. The summed E-state index contributed by atoms with van der Waals surface area (Å²) in [6.07, 6.45) is 4.74. The van der Waals surface area contributed by atoms with E-state index in [-0.39, 0.29) is 17.2 Å². The van der Waals surface area contributed by atoms with Crippen LogP contribution in [0.4, 0.5) is 5.69 Å². The Morgan fingerprint density at radius 1 is 1.14 bits per heavy atom. The minimum absolute atomic E-state index is 0.0681. The van der Waals surface area contributed by atoms with E-state index < -0.39 is 4.92 Å². The van der Waals surface area contributed by atoms with Crippen molar-refractivity contribution in [1.29, 1.82) is 0 Å². The van der Waals surface area contributed by atoms with Crippen molar-refractivity contribution in [1.82, 2.24) is 15.0 Å². The summed E-state index contributed by atoms with van der Waals surface area (Å²) in [5, 5.41) is 11.6. The van der Waals surface area contributed by atoms with E-state index in [9.17, 15) is 10.1 Å². The Morgan fingerprint density at radius 3 is 2.62 bits per heavy atom. The van der Waals surface area contributed by atoms with Crippen LogP contribution in [0.25, 0.3) is 10.9 Å². The summed E-state index contributed by atoms with van der Waals surface area (Å²) < 4.78 is 6.48. The molecule has 2 aromatic heterocycles. The number of benzene rings is 1. The van der Waals surface area contributed by atoms with E-state index in [4.69, 9.17) is 4.74 Å². The fourth-order valence-corrected chi connectivity index (χ4v) is 2.10. The van der Waals surface area contributed by atoms with Crippen molar-refractivity contribution in [2.75, 3.05) is 0 Å². The molecule has 0 saturated heterocycles. The summed E-state index contributed by atoms with van der Waals surface area (Å²) in [5.41, 5.74) is 0.201. The molecule has 8 heteroatoms. The Bertz CT molecular complexity index is 823. The fourth-order valence-electron chi connectivity index (χ4n) is 1.82. The van der Waals surface area contributed by atoms with E-state index >= 15 is 0 Å². The summed E-state index contributed by atoms with van der Waals surface area (Å²) in [6, 6.07) is 6.45. The third kappa shape index (κ3) is 2.75. The van der Waals surface area contributed by atoms with Gasteiger partial charge in [0.2, 0.25) is 0 Å². The van der Waals surface area contributed by atoms with E-state index in [1.54, 1.807) is 24.5 Å². The maximum Gasteiger partial charge on any atom is 0.321 e. The predicted molar refractivity (Wildman–Crippen MR) is 83.2 cm³/mol. The largest absolute Gasteiger partial charge is 0.424 e. The van der Waals surface area contributed by atoms with Crippen LogP contribution in [0.15, 0.2) is 42.9 Å². The average molecular weight is 394 g/mol. The molecule has 7 nitrogen and oxygen atoms in total. The van der Waals surface area contributed by atoms with Gasteiger partial charge in [-0.15, -0.1) is 0 Å². The molecule has 2 heterocycles. The fraction of sp³-hybridized carbons (Fsp3) is 0. The molecule has 3 rings (SSSR count). The molecule has 21 heavy (non-hydrogen) atoms. The van der Waals surface area contributed by atoms with Gasteiger partial charge >= 0.3 is 6.01 Å². The van der Waals surface area contributed by atoms with Crippen LogP contribution in [-0.4, -0.2) is 19.9 Å². The Morgan fingerprint density at radius 2 is 1.90 bits per heavy atom. The van der Waals surface area contributed by atoms with E-state index in [0.717, 1.165) is 3.57 Å². The number of hydrogen-bond donors (Lipinski definition) is 0. The summed E-state index contributed by atoms with van der Waals surface area (Å²) in [4.78, 5) is 22.7. The Kier molecular flexibility index (Phi) is 3.60. The summed E-state index contributed by atoms with van der Waals surface area (Å²) in [7, 11) is 0. The molecular formula is C13H7IN4O3. The molecular weight excluding hydrogens is 387 g/mol. The van der Waals surface area contributed by atoms with Gasteiger partial charge in [-0.1, -0.05) is 0 Å². The monoisotopic (exact) mass is 394 g/mol. The van der Waals surface area contributed by atoms with Crippen LogP contribution in [-0.2, 0) is 0 Å². The summed E-state index contributed by atoms with van der Waals surface area (Å²) in [5.74, 6) is 0.421. The lowest BCUT2D eigenvalue weighted by molar-refractivity contribution is -0.383. The Balaban J connectivity index is 2.09. The van der Waals surface area contributed by atoms with Gasteiger partial charge in [-0.2, -0.15) is 0 Å². The predicted octanol–water partition coefficient (Wildman–Crippen LogP) is 3.33. The molecule has 104 valence electrons. The topological polar surface area (TPSA) is 91.0 Å². The van der Waals surface area contributed by atoms with Crippen LogP contribution in [0.2, 0.25) is 0 Å². The minimum atomic E-state index is -0.472. The minimum Gasteiger partial charge on any atom is -0.424 e. The number of aromatic nitrogens is 3. The second kappa shape index (κ2) is 5.56. The van der Waals surface area contributed by atoms with Crippen molar-refractivity contribution in [3.63, 3.8) is 0 Å². The van der Waals surface area contributed by atoms with Gasteiger partial charge < -0.3 is 4.74 Å². The van der Waals surface area contributed by atoms with Gasteiger partial charge in [0.15, 0.2) is 5.52 Å². The van der Waals surface area contributed by atoms with Crippen LogP contribution < -0.4 is 4.74 Å². The molecule has 0 amide bonds. The molecule has 0 aliphatic rings. The van der Waals surface area contributed by atoms with Crippen molar-refractivity contribution in [2.45, 2.75) is 0 Å². The zero-order valence-electron chi connectivity index (χ0n) is 10.4. The molecule has 0 spiro atoms. The van der Waals surface area contributed by atoms with Crippen molar-refractivity contribution in [3.05, 3.63) is 56.5 Å². The molecule has 0 fully saturated rings. The molecule has 0 bridgehead atoms. The number of nitro groups is 1. The third-order valence-electron chi connectivity index (χ3n) is 2.70. The number of non-ortho nitro benzene ring substituents is 1. The van der Waals surface area contributed by atoms with Gasteiger partial charge in [0.05, 0.1) is 10.3 Å². The van der Waals surface area contributed by atoms with E-state index in [0.29, 0.717) is 11.1 Å². The van der Waals surface area contributed by atoms with Crippen molar-refractivity contribution < 1.29 is 9.66 Å². The number of fused-ring (bicyclic) bond motifs is 1. The normalized spacial score (nSPS) is 10.5. The van der Waals surface area contributed by atoms with E-state index in [1.165, 1.54) is 18.3 Å². The number of pyridine rings is 1. The first-order valence-electron chi connectivity index (χ1n) is 5.82. The molecule has 0 saturated carbocycles. The number of nitro benzene ring substituents is 1. The first kappa shape index (κ1) is 13.6. The zero-order valence-corrected chi connectivity index (χ0v) is 12.6. The van der Waals surface area contributed by atoms with Gasteiger partial charge in [-0.3, -0.25) is 10.1 Å². The standard InChI is InChI=1S/C13H7IN4O3/c14-8-6-16-13(17-7-8)21-11-4-3-10(18(19)20)12-9(11)2-1-5-15-12/h1-7H. The number of halogens is 1. The van der Waals surface area contributed by atoms with Gasteiger partial charge in [0.1, 0.15) is 5.75 Å². The first-order valence-corrected chi connectivity index (χ1v) is 6.90. The van der Waals surface area contributed by atoms with Crippen LogP contribution >= 0.6 is 22.6 Å². The average Bonchev–Trinajstić information content (AvgIpc) is 2.49. The highest BCUT2D eigenvalue weighted by molar-refractivity contribution is 14.1. The second-order valence-electron chi connectivity index (χ2n) is 4.03. The van der Waals surface area contributed by atoms with Crippen molar-refractivity contribution in [3.8, 4) is 11.8 Å². The van der Waals surface area contributed by atoms with Crippen molar-refractivity contribution >= 4 is 39.2 Å². The maximum absolute atomic E-state index is 11.0. The number of rotatable bonds is 3. The van der Waals surface area contributed by atoms with Crippen molar-refractivity contribution in [2.24, 2.45) is 0 Å². The zero-order chi connectivity index (χ0) is 14.8. The molecule has 0 unspecified atom stereocenters. The molecule has 0 N–H and O–H groups in total. The molecule has 3 aromatic rings. The summed E-state index contributed by atoms with van der Waals surface area (Å²) >= 11 is 2.09. The third-order valence-corrected chi connectivity index (χ3v) is 3.26. The smallest absolute Gasteiger partial charge is 0.321 e. The highest BCUT2D eigenvalue weighted by Crippen LogP contribution is 2.32. The first-order chi connectivity index (χ1) is 10.1. The Hall–Kier alpha value is -2.36. The van der Waals surface area contributed by atoms with Gasteiger partial charge in [0.25, 0.3) is 5.69 Å². The quantitative estimate of drug-likeness (QED) is 0.385. The molecule has 1 aromatic carbocycles. The molecule has 0 atom stereocenters. The van der Waals surface area contributed by atoms with Gasteiger partial charge in [-0.25, -0.2) is 15.0 Å². The highest BCUT2D eigenvalue weighted by Gasteiger charge is 2.16. The molecule has 0 radical (unpaired) electrons. The maximum atomic E-state index is 11.0. The lowest BCUT2D eigenvalue weighted by Gasteiger charge is -2.07. The van der Waals surface area contributed by atoms with Gasteiger partial charge in [0, 0.05) is 28.2 Å². The van der Waals surface area contributed by atoms with E-state index in [1.807, 2.05) is 0 Å². The summed E-state index contributed by atoms with van der Waals surface area (Å²) in [6.45, 7) is 0. The van der Waals surface area contributed by atoms with Gasteiger partial charge in [-0.05, 0) is 40.8 Å². The van der Waals surface area contributed by atoms with Crippen LogP contribution in [0.1, 0.15) is 0 Å². The van der Waals surface area contributed by atoms with Crippen LogP contribution in [0.3, 0.4) is 0 Å². The van der Waals surface area contributed by atoms with Crippen LogP contribution in [0.5, 0.6) is 11.8 Å². The lowest BCUT2D eigenvalue weighted by Crippen LogP contribution is -1.96. The number of ether oxygens (including phenoxy) is 1. The second-order valence-corrected chi connectivity index (χ2v) is 5.27. The van der Waals surface area contributed by atoms with E-state index in [2.05, 4.69) is 37.5 Å². The number of hydrogen-bond acceptors (Lipinski definition) is 6. The Labute approximate surface area is 132 Å². The highest BCUT2D eigenvalue weighted by atomic mass is 127. The molecule has 0 aliphatic heterocycles. The van der Waals surface area contributed by atoms with Crippen LogP contribution in [0, 0.1) is 13.7 Å². The SMILES string of the molecule is O=[N+]([O-])c1ccc(Oc2ncc(I)cn2)c2cccnc12. The lowest BCUT2D eigenvalue weighted by atomic mass is 10.2.